The van der Waals surface area contributed by atoms with Crippen LogP contribution in [-0.4, -0.2) is 24.5 Å². The lowest BCUT2D eigenvalue weighted by Crippen LogP contribution is -2.08. The molecule has 1 heterocycles. The van der Waals surface area contributed by atoms with Crippen molar-refractivity contribution in [2.24, 2.45) is 0 Å². The molecule has 0 unspecified atom stereocenters. The minimum Gasteiger partial charge on any atom is -0.256 e. The van der Waals surface area contributed by atoms with Crippen molar-refractivity contribution < 1.29 is 8.42 Å². The Labute approximate surface area is 83.9 Å². The Morgan fingerprint density at radius 1 is 1.57 bits per heavy atom. The van der Waals surface area contributed by atoms with E-state index in [-0.39, 0.29) is 5.88 Å². The van der Waals surface area contributed by atoms with E-state index >= 15 is 0 Å². The molecule has 0 radical (unpaired) electrons. The van der Waals surface area contributed by atoms with Crippen molar-refractivity contribution in [1.82, 2.24) is 9.78 Å². The number of rotatable bonds is 2. The first-order chi connectivity index (χ1) is 6.51. The van der Waals surface area contributed by atoms with Crippen molar-refractivity contribution in [3.63, 3.8) is 0 Å². The Balaban J connectivity index is 2.79. The number of sulfone groups is 1. The van der Waals surface area contributed by atoms with Crippen LogP contribution in [0.2, 0.25) is 0 Å². The normalized spacial score (nSPS) is 10.7. The van der Waals surface area contributed by atoms with Gasteiger partial charge in [-0.05, 0) is 0 Å². The van der Waals surface area contributed by atoms with Gasteiger partial charge in [-0.15, -0.1) is 0 Å². The maximum absolute atomic E-state index is 10.9. The Morgan fingerprint density at radius 2 is 2.29 bits per heavy atom. The molecule has 0 saturated carbocycles. The second-order valence-electron chi connectivity index (χ2n) is 2.98. The van der Waals surface area contributed by atoms with Crippen LogP contribution in [0.25, 0.3) is 0 Å². The second kappa shape index (κ2) is 4.29. The zero-order chi connectivity index (χ0) is 10.6. The molecule has 0 aliphatic rings. The van der Waals surface area contributed by atoms with E-state index in [0.29, 0.717) is 0 Å². The van der Waals surface area contributed by atoms with Crippen LogP contribution < -0.4 is 0 Å². The maximum atomic E-state index is 10.9. The number of hydrogen-bond acceptors (Lipinski definition) is 3. The molecule has 1 rings (SSSR count). The van der Waals surface area contributed by atoms with Crippen molar-refractivity contribution in [1.29, 1.82) is 0 Å². The fourth-order valence-corrected chi connectivity index (χ4v) is 1.55. The smallest absolute Gasteiger partial charge is 0.167 e. The summed E-state index contributed by atoms with van der Waals surface area (Å²) >= 11 is 0. The lowest BCUT2D eigenvalue weighted by molar-refractivity contribution is 0.581. The monoisotopic (exact) mass is 212 g/mol. The first-order valence-electron chi connectivity index (χ1n) is 4.20. The van der Waals surface area contributed by atoms with Crippen LogP contribution in [0.1, 0.15) is 18.9 Å². The highest BCUT2D eigenvalue weighted by atomic mass is 32.2. The number of aromatic nitrogens is 2. The van der Waals surface area contributed by atoms with E-state index in [0.717, 1.165) is 12.0 Å². The first kappa shape index (κ1) is 10.8. The summed E-state index contributed by atoms with van der Waals surface area (Å²) in [7, 11) is -3.03. The van der Waals surface area contributed by atoms with E-state index < -0.39 is 9.84 Å². The highest BCUT2D eigenvalue weighted by Gasteiger charge is 2.04. The molecule has 0 fully saturated rings. The molecule has 76 valence electrons. The lowest BCUT2D eigenvalue weighted by atomic mass is 10.3. The van der Waals surface area contributed by atoms with Gasteiger partial charge in [-0.25, -0.2) is 8.42 Å². The summed E-state index contributed by atoms with van der Waals surface area (Å²) in [5.74, 6) is 5.66. The van der Waals surface area contributed by atoms with Crippen LogP contribution in [0.3, 0.4) is 0 Å². The van der Waals surface area contributed by atoms with E-state index in [1.807, 2.05) is 6.92 Å². The van der Waals surface area contributed by atoms with E-state index in [1.54, 1.807) is 12.4 Å². The zero-order valence-electron chi connectivity index (χ0n) is 8.19. The van der Waals surface area contributed by atoms with Crippen molar-refractivity contribution in [2.45, 2.75) is 19.2 Å². The molecule has 5 heteroatoms. The van der Waals surface area contributed by atoms with Gasteiger partial charge in [-0.2, -0.15) is 5.10 Å². The fourth-order valence-electron chi connectivity index (χ4n) is 0.929. The van der Waals surface area contributed by atoms with E-state index in [1.165, 1.54) is 10.9 Å². The fraction of sp³-hybridized carbons (Fsp3) is 0.444. The molecule has 0 aliphatic carbocycles. The molecular weight excluding hydrogens is 200 g/mol. The molecule has 4 nitrogen and oxygen atoms in total. The van der Waals surface area contributed by atoms with Crippen molar-refractivity contribution in [3.05, 3.63) is 18.0 Å². The predicted molar refractivity (Wildman–Crippen MR) is 54.2 cm³/mol. The molecular formula is C9H12N2O2S. The third-order valence-corrected chi connectivity index (χ3v) is 2.14. The quantitative estimate of drug-likeness (QED) is 0.676. The topological polar surface area (TPSA) is 52.0 Å². The average Bonchev–Trinajstić information content (AvgIpc) is 2.46. The molecule has 0 amide bonds. The van der Waals surface area contributed by atoms with Gasteiger partial charge >= 0.3 is 0 Å². The lowest BCUT2D eigenvalue weighted by Gasteiger charge is -1.96. The SMILES string of the molecule is CCC#Cc1cnn(CS(C)(=O)=O)c1. The molecule has 0 N–H and O–H groups in total. The van der Waals surface area contributed by atoms with Gasteiger partial charge in [0.1, 0.15) is 5.88 Å². The summed E-state index contributed by atoms with van der Waals surface area (Å²) in [6, 6.07) is 0. The van der Waals surface area contributed by atoms with Gasteiger partial charge in [0.25, 0.3) is 0 Å². The summed E-state index contributed by atoms with van der Waals surface area (Å²) in [5.41, 5.74) is 0.746. The van der Waals surface area contributed by atoms with Crippen molar-refractivity contribution in [3.8, 4) is 11.8 Å². The summed E-state index contributed by atoms with van der Waals surface area (Å²) < 4.78 is 23.2. The molecule has 0 spiro atoms. The largest absolute Gasteiger partial charge is 0.256 e. The highest BCUT2D eigenvalue weighted by Crippen LogP contribution is 1.97. The minimum atomic E-state index is -3.03. The molecule has 14 heavy (non-hydrogen) atoms. The summed E-state index contributed by atoms with van der Waals surface area (Å²) in [4.78, 5) is 0. The van der Waals surface area contributed by atoms with Crippen molar-refractivity contribution in [2.75, 3.05) is 6.26 Å². The molecule has 0 atom stereocenters. The molecule has 0 saturated heterocycles. The van der Waals surface area contributed by atoms with Gasteiger partial charge in [0.15, 0.2) is 9.84 Å². The second-order valence-corrected chi connectivity index (χ2v) is 5.09. The Morgan fingerprint density at radius 3 is 2.86 bits per heavy atom. The molecule has 1 aromatic rings. The van der Waals surface area contributed by atoms with Gasteiger partial charge < -0.3 is 0 Å². The first-order valence-corrected chi connectivity index (χ1v) is 6.26. The summed E-state index contributed by atoms with van der Waals surface area (Å²) in [5, 5.41) is 3.89. The maximum Gasteiger partial charge on any atom is 0.167 e. The summed E-state index contributed by atoms with van der Waals surface area (Å²) in [6.45, 7) is 1.95. The van der Waals surface area contributed by atoms with Crippen LogP contribution in [-0.2, 0) is 15.7 Å². The minimum absolute atomic E-state index is 0.0964. The zero-order valence-corrected chi connectivity index (χ0v) is 9.00. The standard InChI is InChI=1S/C9H12N2O2S/c1-3-4-5-9-6-10-11(7-9)8-14(2,12)13/h6-7H,3,8H2,1-2H3. The number of hydrogen-bond donors (Lipinski definition) is 0. The molecule has 0 aliphatic heterocycles. The molecule has 0 bridgehead atoms. The highest BCUT2D eigenvalue weighted by molar-refractivity contribution is 7.89. The van der Waals surface area contributed by atoms with E-state index in [2.05, 4.69) is 16.9 Å². The Hall–Kier alpha value is -1.28. The van der Waals surface area contributed by atoms with Gasteiger partial charge in [0.2, 0.25) is 0 Å². The average molecular weight is 212 g/mol. The Kier molecular flexibility index (Phi) is 3.31. The Bertz CT molecular complexity index is 462. The van der Waals surface area contributed by atoms with Crippen LogP contribution in [0.15, 0.2) is 12.4 Å². The van der Waals surface area contributed by atoms with Crippen molar-refractivity contribution >= 4 is 9.84 Å². The number of nitrogens with zero attached hydrogens (tertiary/aromatic N) is 2. The third-order valence-electron chi connectivity index (χ3n) is 1.41. The van der Waals surface area contributed by atoms with Gasteiger partial charge in [-0.1, -0.05) is 18.8 Å². The van der Waals surface area contributed by atoms with Gasteiger partial charge in [0, 0.05) is 18.9 Å². The molecule has 1 aromatic heterocycles. The predicted octanol–water partition coefficient (Wildman–Crippen LogP) is 0.647. The third kappa shape index (κ3) is 3.62. The van der Waals surface area contributed by atoms with Crippen LogP contribution in [0.5, 0.6) is 0 Å². The molecule has 0 aromatic carbocycles. The summed E-state index contributed by atoms with van der Waals surface area (Å²) in [6.07, 6.45) is 5.14. The van der Waals surface area contributed by atoms with Crippen LogP contribution >= 0.6 is 0 Å². The van der Waals surface area contributed by atoms with Crippen LogP contribution in [0, 0.1) is 11.8 Å². The van der Waals surface area contributed by atoms with Crippen LogP contribution in [0.4, 0.5) is 0 Å². The van der Waals surface area contributed by atoms with E-state index in [9.17, 15) is 8.42 Å². The van der Waals surface area contributed by atoms with Gasteiger partial charge in [-0.3, -0.25) is 4.68 Å². The van der Waals surface area contributed by atoms with Gasteiger partial charge in [0.05, 0.1) is 11.8 Å². The van der Waals surface area contributed by atoms with E-state index in [4.69, 9.17) is 0 Å².